The molecule has 1 heterocycles. The van der Waals surface area contributed by atoms with Crippen LogP contribution in [-0.4, -0.2) is 6.21 Å². The summed E-state index contributed by atoms with van der Waals surface area (Å²) in [6.45, 7) is 0.409. The summed E-state index contributed by atoms with van der Waals surface area (Å²) in [5.41, 5.74) is 6.60. The van der Waals surface area contributed by atoms with E-state index in [4.69, 9.17) is 32.9 Å². The fourth-order valence-corrected chi connectivity index (χ4v) is 5.72. The summed E-state index contributed by atoms with van der Waals surface area (Å²) in [6, 6.07) is 30.6. The number of hydrogen-bond donors (Lipinski definition) is 1. The SMILES string of the molecule is Clc1cccc(COc2ccc(Cl)cc2C=Nc2ccc([C@@H]3Nc4ccccc4[C@@H]4C=CC[C@H]43)cc2)c1. The second kappa shape index (κ2) is 10.5. The van der Waals surface area contributed by atoms with Crippen molar-refractivity contribution in [2.45, 2.75) is 25.0 Å². The van der Waals surface area contributed by atoms with Crippen LogP contribution in [0.1, 0.15) is 40.6 Å². The van der Waals surface area contributed by atoms with Crippen LogP contribution >= 0.6 is 23.2 Å². The molecular formula is C32H26Cl2N2O. The van der Waals surface area contributed by atoms with Crippen molar-refractivity contribution in [3.8, 4) is 5.75 Å². The first-order valence-corrected chi connectivity index (χ1v) is 13.2. The lowest BCUT2D eigenvalue weighted by molar-refractivity contribution is 0.306. The summed E-state index contributed by atoms with van der Waals surface area (Å²) >= 11 is 12.4. The van der Waals surface area contributed by atoms with Crippen LogP contribution in [0, 0.1) is 5.92 Å². The molecule has 0 amide bonds. The molecule has 6 rings (SSSR count). The van der Waals surface area contributed by atoms with E-state index >= 15 is 0 Å². The molecule has 5 heteroatoms. The first-order valence-electron chi connectivity index (χ1n) is 12.5. The third-order valence-electron chi connectivity index (χ3n) is 7.13. The normalized spacial score (nSPS) is 19.9. The third-order valence-corrected chi connectivity index (χ3v) is 7.60. The van der Waals surface area contributed by atoms with Crippen LogP contribution in [0.2, 0.25) is 10.0 Å². The predicted octanol–water partition coefficient (Wildman–Crippen LogP) is 9.15. The number of aliphatic imine (C=N–C) groups is 1. The average molecular weight is 525 g/mol. The van der Waals surface area contributed by atoms with Crippen LogP contribution in [0.4, 0.5) is 11.4 Å². The van der Waals surface area contributed by atoms with Gasteiger partial charge in [0.05, 0.1) is 11.7 Å². The molecule has 0 saturated carbocycles. The van der Waals surface area contributed by atoms with E-state index in [-0.39, 0.29) is 6.04 Å². The molecule has 0 aromatic heterocycles. The molecule has 37 heavy (non-hydrogen) atoms. The fraction of sp³-hybridized carbons (Fsp3) is 0.156. The van der Waals surface area contributed by atoms with Crippen molar-refractivity contribution < 1.29 is 4.74 Å². The number of hydrogen-bond acceptors (Lipinski definition) is 3. The Kier molecular flexibility index (Phi) is 6.73. The average Bonchev–Trinajstić information content (AvgIpc) is 3.42. The van der Waals surface area contributed by atoms with Gasteiger partial charge in [-0.05, 0) is 77.6 Å². The Morgan fingerprint density at radius 2 is 1.73 bits per heavy atom. The highest BCUT2D eigenvalue weighted by Crippen LogP contribution is 2.49. The number of halogens is 2. The van der Waals surface area contributed by atoms with Crippen molar-refractivity contribution in [1.29, 1.82) is 0 Å². The number of rotatable bonds is 6. The topological polar surface area (TPSA) is 33.6 Å². The number of nitrogens with zero attached hydrogens (tertiary/aromatic N) is 1. The van der Waals surface area contributed by atoms with Crippen molar-refractivity contribution in [1.82, 2.24) is 0 Å². The molecule has 2 aliphatic rings. The summed E-state index contributed by atoms with van der Waals surface area (Å²) in [4.78, 5) is 4.72. The highest BCUT2D eigenvalue weighted by molar-refractivity contribution is 6.31. The molecule has 1 N–H and O–H groups in total. The van der Waals surface area contributed by atoms with Crippen molar-refractivity contribution in [2.75, 3.05) is 5.32 Å². The van der Waals surface area contributed by atoms with E-state index in [9.17, 15) is 0 Å². The number of ether oxygens (including phenoxy) is 1. The molecular weight excluding hydrogens is 499 g/mol. The molecule has 0 unspecified atom stereocenters. The van der Waals surface area contributed by atoms with E-state index < -0.39 is 0 Å². The second-order valence-corrected chi connectivity index (χ2v) is 10.4. The molecule has 1 aliphatic heterocycles. The number of benzene rings is 4. The summed E-state index contributed by atoms with van der Waals surface area (Å²) in [7, 11) is 0. The van der Waals surface area contributed by atoms with Gasteiger partial charge in [0.1, 0.15) is 12.4 Å². The standard InChI is InChI=1S/C32H26Cl2N2O/c33-24-6-3-5-21(17-24)20-37-31-16-13-25(34)18-23(31)19-35-26-14-11-22(12-15-26)32-29-9-4-8-27(29)28-7-1-2-10-30(28)36-32/h1-8,10-19,27,29,32,36H,9,20H2/t27-,29+,32-/m0/s1. The van der Waals surface area contributed by atoms with Crippen LogP contribution in [0.3, 0.4) is 0 Å². The first kappa shape index (κ1) is 23.8. The van der Waals surface area contributed by atoms with Crippen molar-refractivity contribution in [2.24, 2.45) is 10.9 Å². The molecule has 1 aliphatic carbocycles. The number of allylic oxidation sites excluding steroid dienone is 2. The molecule has 0 radical (unpaired) electrons. The van der Waals surface area contributed by atoms with Gasteiger partial charge in [-0.1, -0.05) is 77.8 Å². The molecule has 3 nitrogen and oxygen atoms in total. The van der Waals surface area contributed by atoms with Gasteiger partial charge in [-0.2, -0.15) is 0 Å². The lowest BCUT2D eigenvalue weighted by atomic mass is 9.77. The lowest BCUT2D eigenvalue weighted by Crippen LogP contribution is -2.28. The van der Waals surface area contributed by atoms with Crippen molar-refractivity contribution in [3.63, 3.8) is 0 Å². The summed E-state index contributed by atoms with van der Waals surface area (Å²) in [5.74, 6) is 1.71. The van der Waals surface area contributed by atoms with E-state index in [1.165, 1.54) is 16.8 Å². The maximum atomic E-state index is 6.28. The second-order valence-electron chi connectivity index (χ2n) is 9.51. The number of nitrogens with one attached hydrogen (secondary N) is 1. The Bertz CT molecular complexity index is 1480. The highest BCUT2D eigenvalue weighted by Gasteiger charge is 2.37. The Hall–Kier alpha value is -3.53. The first-order chi connectivity index (χ1) is 18.1. The smallest absolute Gasteiger partial charge is 0.128 e. The third kappa shape index (κ3) is 5.16. The quantitative estimate of drug-likeness (QED) is 0.201. The zero-order chi connectivity index (χ0) is 25.2. The predicted molar refractivity (Wildman–Crippen MR) is 154 cm³/mol. The Labute approximate surface area is 227 Å². The summed E-state index contributed by atoms with van der Waals surface area (Å²) < 4.78 is 6.07. The van der Waals surface area contributed by atoms with E-state index in [1.54, 1.807) is 6.21 Å². The van der Waals surface area contributed by atoms with Crippen LogP contribution < -0.4 is 10.1 Å². The zero-order valence-electron chi connectivity index (χ0n) is 20.1. The molecule has 4 aromatic rings. The van der Waals surface area contributed by atoms with Gasteiger partial charge in [-0.3, -0.25) is 4.99 Å². The van der Waals surface area contributed by atoms with Gasteiger partial charge in [-0.15, -0.1) is 0 Å². The Morgan fingerprint density at radius 3 is 2.59 bits per heavy atom. The minimum absolute atomic E-state index is 0.271. The van der Waals surface area contributed by atoms with Crippen molar-refractivity contribution in [3.05, 3.63) is 135 Å². The van der Waals surface area contributed by atoms with Crippen LogP contribution in [0.25, 0.3) is 0 Å². The van der Waals surface area contributed by atoms with E-state index in [0.29, 0.717) is 28.5 Å². The molecule has 0 saturated heterocycles. The lowest BCUT2D eigenvalue weighted by Gasteiger charge is -2.37. The Balaban J connectivity index is 1.19. The van der Waals surface area contributed by atoms with E-state index in [0.717, 1.165) is 29.0 Å². The van der Waals surface area contributed by atoms with E-state index in [1.807, 2.05) is 42.5 Å². The fourth-order valence-electron chi connectivity index (χ4n) is 5.32. The summed E-state index contributed by atoms with van der Waals surface area (Å²) in [5, 5.41) is 5.11. The number of para-hydroxylation sites is 1. The molecule has 184 valence electrons. The number of anilines is 1. The number of fused-ring (bicyclic) bond motifs is 3. The van der Waals surface area contributed by atoms with Gasteiger partial charge in [0, 0.05) is 33.4 Å². The highest BCUT2D eigenvalue weighted by atomic mass is 35.5. The Morgan fingerprint density at radius 1 is 0.892 bits per heavy atom. The molecule has 3 atom stereocenters. The molecule has 0 bridgehead atoms. The van der Waals surface area contributed by atoms with Gasteiger partial charge in [0.15, 0.2) is 0 Å². The minimum Gasteiger partial charge on any atom is -0.488 e. The maximum Gasteiger partial charge on any atom is 0.128 e. The van der Waals surface area contributed by atoms with E-state index in [2.05, 4.69) is 66.0 Å². The van der Waals surface area contributed by atoms with Crippen LogP contribution in [0.5, 0.6) is 5.75 Å². The molecule has 0 fully saturated rings. The monoisotopic (exact) mass is 524 g/mol. The molecule has 4 aromatic carbocycles. The van der Waals surface area contributed by atoms with Crippen molar-refractivity contribution >= 4 is 40.8 Å². The van der Waals surface area contributed by atoms with Gasteiger partial charge in [-0.25, -0.2) is 0 Å². The zero-order valence-corrected chi connectivity index (χ0v) is 21.7. The molecule has 0 spiro atoms. The summed E-state index contributed by atoms with van der Waals surface area (Å²) in [6.07, 6.45) is 7.58. The van der Waals surface area contributed by atoms with Crippen LogP contribution in [0.15, 0.2) is 108 Å². The van der Waals surface area contributed by atoms with Gasteiger partial charge >= 0.3 is 0 Å². The van der Waals surface area contributed by atoms with Crippen LogP contribution in [-0.2, 0) is 6.61 Å². The maximum absolute atomic E-state index is 6.28. The minimum atomic E-state index is 0.271. The van der Waals surface area contributed by atoms with Gasteiger partial charge in [0.2, 0.25) is 0 Å². The largest absolute Gasteiger partial charge is 0.488 e. The van der Waals surface area contributed by atoms with Gasteiger partial charge in [0.25, 0.3) is 0 Å². The van der Waals surface area contributed by atoms with Gasteiger partial charge < -0.3 is 10.1 Å².